The first kappa shape index (κ1) is 19.3. The summed E-state index contributed by atoms with van der Waals surface area (Å²) >= 11 is 0. The largest absolute Gasteiger partial charge is 0.370 e. The van der Waals surface area contributed by atoms with Crippen molar-refractivity contribution in [3.05, 3.63) is 12.2 Å². The quantitative estimate of drug-likeness (QED) is 0.439. The van der Waals surface area contributed by atoms with E-state index in [1.54, 1.807) is 0 Å². The van der Waals surface area contributed by atoms with Crippen LogP contribution in [0, 0.1) is 0 Å². The van der Waals surface area contributed by atoms with Crippen molar-refractivity contribution in [1.82, 2.24) is 0 Å². The average molecular weight is 202 g/mol. The summed E-state index contributed by atoms with van der Waals surface area (Å²) in [6.07, 6.45) is 7.74. The molecular formula is C13H30O. The summed E-state index contributed by atoms with van der Waals surface area (Å²) in [5.74, 6) is 0. The first-order valence-electron chi connectivity index (χ1n) is 5.36. The number of hydrogen-bond acceptors (Lipinski definition) is 1. The molecule has 0 aromatic rings. The fourth-order valence-electron chi connectivity index (χ4n) is 0.293. The molecule has 1 rings (SSSR count). The van der Waals surface area contributed by atoms with E-state index in [2.05, 4.69) is 27.7 Å². The Morgan fingerprint density at radius 3 is 1.14 bits per heavy atom. The van der Waals surface area contributed by atoms with Crippen LogP contribution in [0.2, 0.25) is 0 Å². The first-order chi connectivity index (χ1) is 6.13. The molecule has 0 spiro atoms. The van der Waals surface area contributed by atoms with E-state index in [1.165, 1.54) is 12.8 Å². The first-order valence-corrected chi connectivity index (χ1v) is 5.36. The van der Waals surface area contributed by atoms with Crippen LogP contribution in [-0.4, -0.2) is 12.2 Å². The lowest BCUT2D eigenvalue weighted by Crippen LogP contribution is -1.74. The number of allylic oxidation sites excluding steroid dienone is 2. The molecule has 1 heteroatoms. The van der Waals surface area contributed by atoms with Gasteiger partial charge in [0.15, 0.2) is 0 Å². The molecule has 0 saturated carbocycles. The third-order valence-electron chi connectivity index (χ3n) is 1.85. The van der Waals surface area contributed by atoms with E-state index in [0.717, 1.165) is 0 Å². The zero-order valence-corrected chi connectivity index (χ0v) is 10.1. The molecule has 1 aliphatic rings. The molecule has 0 amide bonds. The SMILES string of the molecule is C.CC1OC1C.CC=CC.CCCC. The third-order valence-corrected chi connectivity index (χ3v) is 1.85. The van der Waals surface area contributed by atoms with Crippen LogP contribution in [0.25, 0.3) is 0 Å². The topological polar surface area (TPSA) is 12.5 Å². The van der Waals surface area contributed by atoms with Gasteiger partial charge in [-0.05, 0) is 27.7 Å². The van der Waals surface area contributed by atoms with Gasteiger partial charge in [-0.2, -0.15) is 0 Å². The molecule has 0 aromatic heterocycles. The predicted molar refractivity (Wildman–Crippen MR) is 67.8 cm³/mol. The van der Waals surface area contributed by atoms with Crippen LogP contribution >= 0.6 is 0 Å². The molecule has 0 aliphatic carbocycles. The fourth-order valence-corrected chi connectivity index (χ4v) is 0.293. The monoisotopic (exact) mass is 202 g/mol. The fraction of sp³-hybridized carbons (Fsp3) is 0.846. The van der Waals surface area contributed by atoms with Gasteiger partial charge in [-0.25, -0.2) is 0 Å². The molecule has 1 fully saturated rings. The van der Waals surface area contributed by atoms with Crippen molar-refractivity contribution in [2.45, 2.75) is 74.0 Å². The lowest BCUT2D eigenvalue weighted by molar-refractivity contribution is 0.389. The number of rotatable bonds is 1. The van der Waals surface area contributed by atoms with Gasteiger partial charge in [0, 0.05) is 0 Å². The molecule has 0 bridgehead atoms. The Labute approximate surface area is 91.6 Å². The van der Waals surface area contributed by atoms with Crippen LogP contribution in [0.4, 0.5) is 0 Å². The van der Waals surface area contributed by atoms with Crippen LogP contribution in [0.5, 0.6) is 0 Å². The van der Waals surface area contributed by atoms with Crippen molar-refractivity contribution in [1.29, 1.82) is 0 Å². The second-order valence-corrected chi connectivity index (χ2v) is 3.21. The summed E-state index contributed by atoms with van der Waals surface area (Å²) in [6, 6.07) is 0. The minimum Gasteiger partial charge on any atom is -0.370 e. The predicted octanol–water partition coefficient (Wildman–Crippen LogP) is 4.82. The minimum absolute atomic E-state index is 0. The zero-order chi connectivity index (χ0) is 10.7. The maximum Gasteiger partial charge on any atom is 0.0811 e. The van der Waals surface area contributed by atoms with E-state index in [1.807, 2.05) is 26.0 Å². The minimum atomic E-state index is 0. The molecule has 14 heavy (non-hydrogen) atoms. The van der Waals surface area contributed by atoms with Gasteiger partial charge in [0.25, 0.3) is 0 Å². The molecule has 0 N–H and O–H groups in total. The summed E-state index contributed by atoms with van der Waals surface area (Å²) in [7, 11) is 0. The Kier molecular flexibility index (Phi) is 20.9. The summed E-state index contributed by atoms with van der Waals surface area (Å²) in [5.41, 5.74) is 0. The van der Waals surface area contributed by atoms with Crippen molar-refractivity contribution in [2.24, 2.45) is 0 Å². The Morgan fingerprint density at radius 2 is 1.14 bits per heavy atom. The van der Waals surface area contributed by atoms with E-state index < -0.39 is 0 Å². The summed E-state index contributed by atoms with van der Waals surface area (Å²) in [5, 5.41) is 0. The molecule has 0 aromatic carbocycles. The summed E-state index contributed by atoms with van der Waals surface area (Å²) < 4.78 is 4.92. The van der Waals surface area contributed by atoms with E-state index in [9.17, 15) is 0 Å². The van der Waals surface area contributed by atoms with Crippen LogP contribution in [0.1, 0.15) is 61.8 Å². The average Bonchev–Trinajstić information content (AvgIpc) is 2.80. The van der Waals surface area contributed by atoms with E-state index >= 15 is 0 Å². The molecule has 88 valence electrons. The van der Waals surface area contributed by atoms with Crippen molar-refractivity contribution < 1.29 is 4.74 Å². The van der Waals surface area contributed by atoms with Crippen LogP contribution < -0.4 is 0 Å². The van der Waals surface area contributed by atoms with E-state index in [4.69, 9.17) is 4.74 Å². The Bertz CT molecular complexity index is 95.8. The maximum absolute atomic E-state index is 4.92. The molecule has 1 heterocycles. The van der Waals surface area contributed by atoms with Gasteiger partial charge in [-0.1, -0.05) is 46.3 Å². The highest BCUT2D eigenvalue weighted by molar-refractivity contribution is 4.73. The summed E-state index contributed by atoms with van der Waals surface area (Å²) in [4.78, 5) is 0. The van der Waals surface area contributed by atoms with Crippen molar-refractivity contribution in [3.8, 4) is 0 Å². The highest BCUT2D eigenvalue weighted by atomic mass is 16.6. The van der Waals surface area contributed by atoms with Gasteiger partial charge in [0.05, 0.1) is 12.2 Å². The molecule has 1 saturated heterocycles. The highest BCUT2D eigenvalue weighted by Gasteiger charge is 2.27. The number of hydrogen-bond donors (Lipinski definition) is 0. The molecular weight excluding hydrogens is 172 g/mol. The maximum atomic E-state index is 4.92. The normalized spacial score (nSPS) is 22.4. The molecule has 1 nitrogen and oxygen atoms in total. The smallest absolute Gasteiger partial charge is 0.0811 e. The van der Waals surface area contributed by atoms with Gasteiger partial charge in [-0.15, -0.1) is 0 Å². The Hall–Kier alpha value is -0.300. The molecule has 1 aliphatic heterocycles. The Balaban J connectivity index is -0.000000127. The standard InChI is InChI=1S/C4H8O.C4H10.C4H8.CH4/c1-3-4(2)5-3;2*1-3-4-2;/h3-4H,1-2H3;3-4H2,1-2H3;3-4H,1-2H3;1H4. The highest BCUT2D eigenvalue weighted by Crippen LogP contribution is 2.18. The second kappa shape index (κ2) is 15.2. The van der Waals surface area contributed by atoms with Crippen molar-refractivity contribution >= 4 is 0 Å². The zero-order valence-electron chi connectivity index (χ0n) is 10.1. The summed E-state index contributed by atoms with van der Waals surface area (Å²) in [6.45, 7) is 12.5. The Morgan fingerprint density at radius 1 is 0.929 bits per heavy atom. The van der Waals surface area contributed by atoms with Crippen LogP contribution in [-0.2, 0) is 4.74 Å². The van der Waals surface area contributed by atoms with E-state index in [0.29, 0.717) is 12.2 Å². The third kappa shape index (κ3) is 22.6. The lowest BCUT2D eigenvalue weighted by atomic mass is 10.4. The van der Waals surface area contributed by atoms with Crippen molar-refractivity contribution in [2.75, 3.05) is 0 Å². The van der Waals surface area contributed by atoms with Gasteiger partial charge in [0.1, 0.15) is 0 Å². The lowest BCUT2D eigenvalue weighted by Gasteiger charge is -1.68. The molecule has 0 radical (unpaired) electrons. The van der Waals surface area contributed by atoms with Crippen LogP contribution in [0.15, 0.2) is 12.2 Å². The van der Waals surface area contributed by atoms with E-state index in [-0.39, 0.29) is 7.43 Å². The number of epoxide rings is 1. The molecule has 2 atom stereocenters. The number of unbranched alkanes of at least 4 members (excludes halogenated alkanes) is 1. The second-order valence-electron chi connectivity index (χ2n) is 3.21. The van der Waals surface area contributed by atoms with Gasteiger partial charge < -0.3 is 4.74 Å². The van der Waals surface area contributed by atoms with Gasteiger partial charge in [-0.3, -0.25) is 0 Å². The van der Waals surface area contributed by atoms with Gasteiger partial charge in [0.2, 0.25) is 0 Å². The van der Waals surface area contributed by atoms with Crippen LogP contribution in [0.3, 0.4) is 0 Å². The molecule has 2 unspecified atom stereocenters. The van der Waals surface area contributed by atoms with Gasteiger partial charge >= 0.3 is 0 Å². The number of ether oxygens (including phenoxy) is 1. The van der Waals surface area contributed by atoms with Crippen molar-refractivity contribution in [3.63, 3.8) is 0 Å².